The van der Waals surface area contributed by atoms with Crippen LogP contribution in [0.1, 0.15) is 22.0 Å². The number of Topliss-reactive ketones (excluding diaryl/α,β-unsaturated/α-hetero) is 1. The van der Waals surface area contributed by atoms with Gasteiger partial charge in [0.05, 0.1) is 12.7 Å². The fourth-order valence-corrected chi connectivity index (χ4v) is 3.49. The summed E-state index contributed by atoms with van der Waals surface area (Å²) in [4.78, 5) is 26.0. The summed E-state index contributed by atoms with van der Waals surface area (Å²) in [5.74, 6) is -0.840. The number of allylic oxidation sites excluding steroid dienone is 1. The van der Waals surface area contributed by atoms with E-state index in [1.807, 2.05) is 24.3 Å². The van der Waals surface area contributed by atoms with Crippen LogP contribution >= 0.6 is 27.5 Å². The van der Waals surface area contributed by atoms with Gasteiger partial charge in [0.15, 0.2) is 5.78 Å². The van der Waals surface area contributed by atoms with Crippen molar-refractivity contribution in [1.29, 1.82) is 0 Å². The van der Waals surface area contributed by atoms with Crippen molar-refractivity contribution in [2.45, 2.75) is 6.04 Å². The van der Waals surface area contributed by atoms with Crippen LogP contribution in [0.25, 0.3) is 0 Å². The van der Waals surface area contributed by atoms with E-state index < -0.39 is 12.0 Å². The molecule has 0 unspecified atom stereocenters. The van der Waals surface area contributed by atoms with Crippen LogP contribution in [0.3, 0.4) is 0 Å². The number of carbonyl (C=O) groups excluding carboxylic acids is 2. The number of fused-ring (bicyclic) bond motifs is 1. The van der Waals surface area contributed by atoms with Gasteiger partial charge in [-0.05, 0) is 52.4 Å². The number of halogens is 2. The van der Waals surface area contributed by atoms with Gasteiger partial charge in [-0.1, -0.05) is 44.8 Å². The third kappa shape index (κ3) is 3.54. The minimum atomic E-state index is -0.730. The van der Waals surface area contributed by atoms with Crippen molar-refractivity contribution < 1.29 is 14.3 Å². The normalized spacial score (nSPS) is 15.5. The van der Waals surface area contributed by atoms with E-state index in [1.54, 1.807) is 24.3 Å². The number of tetrazole rings is 1. The van der Waals surface area contributed by atoms with Crippen LogP contribution in [-0.4, -0.2) is 39.1 Å². The number of carbonyl (C=O) groups is 2. The summed E-state index contributed by atoms with van der Waals surface area (Å²) in [7, 11) is 1.24. The molecule has 0 fully saturated rings. The van der Waals surface area contributed by atoms with Crippen LogP contribution in [0.5, 0.6) is 0 Å². The number of anilines is 1. The van der Waals surface area contributed by atoms with E-state index in [0.29, 0.717) is 10.6 Å². The Hall–Kier alpha value is -3.04. The third-order valence-electron chi connectivity index (χ3n) is 4.44. The first-order valence-corrected chi connectivity index (χ1v) is 9.60. The number of nitrogens with one attached hydrogen (secondary N) is 1. The summed E-state index contributed by atoms with van der Waals surface area (Å²) in [6.45, 7) is 0. The van der Waals surface area contributed by atoms with Crippen LogP contribution in [0.4, 0.5) is 5.95 Å². The Morgan fingerprint density at radius 1 is 1.14 bits per heavy atom. The lowest BCUT2D eigenvalue weighted by Crippen LogP contribution is -2.32. The van der Waals surface area contributed by atoms with Gasteiger partial charge < -0.3 is 10.1 Å². The van der Waals surface area contributed by atoms with E-state index in [1.165, 1.54) is 11.8 Å². The zero-order valence-corrected chi connectivity index (χ0v) is 17.3. The number of hydrogen-bond acceptors (Lipinski definition) is 7. The van der Waals surface area contributed by atoms with Gasteiger partial charge in [0.25, 0.3) is 0 Å². The molecule has 1 atom stereocenters. The predicted octanol–water partition coefficient (Wildman–Crippen LogP) is 3.41. The molecule has 0 amide bonds. The maximum Gasteiger partial charge on any atom is 0.355 e. The van der Waals surface area contributed by atoms with E-state index in [0.717, 1.165) is 10.0 Å². The van der Waals surface area contributed by atoms with Crippen molar-refractivity contribution in [2.75, 3.05) is 12.4 Å². The minimum Gasteiger partial charge on any atom is -0.464 e. The molecule has 3 aromatic rings. The smallest absolute Gasteiger partial charge is 0.355 e. The average Bonchev–Trinajstić information content (AvgIpc) is 3.21. The van der Waals surface area contributed by atoms with Gasteiger partial charge in [-0.2, -0.15) is 4.68 Å². The van der Waals surface area contributed by atoms with Gasteiger partial charge in [0.1, 0.15) is 11.7 Å². The second-order valence-electron chi connectivity index (χ2n) is 6.14. The Labute approximate surface area is 178 Å². The van der Waals surface area contributed by atoms with Crippen LogP contribution in [-0.2, 0) is 9.53 Å². The Balaban J connectivity index is 1.94. The SMILES string of the molecule is COC(=O)C1=C(C(=O)c2ccc(Cl)cc2)[C@H](c2ccc(Br)cc2)n2nnnc2N1. The van der Waals surface area contributed by atoms with Gasteiger partial charge >= 0.3 is 5.97 Å². The quantitative estimate of drug-likeness (QED) is 0.457. The zero-order chi connectivity index (χ0) is 20.5. The molecule has 1 aliphatic heterocycles. The highest BCUT2D eigenvalue weighted by molar-refractivity contribution is 9.10. The summed E-state index contributed by atoms with van der Waals surface area (Å²) in [5, 5.41) is 14.9. The largest absolute Gasteiger partial charge is 0.464 e. The molecule has 1 N–H and O–H groups in total. The maximum absolute atomic E-state index is 13.5. The number of hydrogen-bond donors (Lipinski definition) is 1. The van der Waals surface area contributed by atoms with Gasteiger partial charge in [0.2, 0.25) is 5.95 Å². The molecule has 2 heterocycles. The molecule has 29 heavy (non-hydrogen) atoms. The molecule has 2 aromatic carbocycles. The fraction of sp³-hybridized carbons (Fsp3) is 0.105. The van der Waals surface area contributed by atoms with Crippen LogP contribution in [0, 0.1) is 0 Å². The lowest BCUT2D eigenvalue weighted by molar-refractivity contribution is -0.136. The summed E-state index contributed by atoms with van der Waals surface area (Å²) >= 11 is 9.35. The van der Waals surface area contributed by atoms with Gasteiger partial charge in [-0.3, -0.25) is 4.79 Å². The Bertz CT molecular complexity index is 1130. The van der Waals surface area contributed by atoms with Crippen molar-refractivity contribution in [3.63, 3.8) is 0 Å². The van der Waals surface area contributed by atoms with Crippen molar-refractivity contribution in [3.05, 3.63) is 80.4 Å². The fourth-order valence-electron chi connectivity index (χ4n) is 3.10. The van der Waals surface area contributed by atoms with Crippen molar-refractivity contribution in [2.24, 2.45) is 0 Å². The molecule has 0 saturated carbocycles. The molecule has 10 heteroatoms. The first-order valence-electron chi connectivity index (χ1n) is 8.42. The molecule has 0 aliphatic carbocycles. The van der Waals surface area contributed by atoms with E-state index in [-0.39, 0.29) is 23.0 Å². The van der Waals surface area contributed by atoms with E-state index in [2.05, 4.69) is 36.8 Å². The van der Waals surface area contributed by atoms with Crippen molar-refractivity contribution >= 4 is 45.2 Å². The number of aromatic nitrogens is 4. The van der Waals surface area contributed by atoms with Crippen LogP contribution in [0.15, 0.2) is 64.3 Å². The van der Waals surface area contributed by atoms with Crippen LogP contribution < -0.4 is 5.32 Å². The summed E-state index contributed by atoms with van der Waals surface area (Å²) in [6, 6.07) is 13.0. The molecule has 1 aliphatic rings. The van der Waals surface area contributed by atoms with E-state index in [9.17, 15) is 9.59 Å². The standard InChI is InChI=1S/C19H13BrClN5O3/c1-29-18(28)15-14(17(27)11-4-8-13(21)9-5-11)16(10-2-6-12(20)7-3-10)26-19(22-15)23-24-25-26/h2-9,16H,1H3,(H,22,23,25)/t16-/m0/s1. The molecule has 146 valence electrons. The van der Waals surface area contributed by atoms with Gasteiger partial charge in [-0.15, -0.1) is 0 Å². The number of ketones is 1. The van der Waals surface area contributed by atoms with E-state index in [4.69, 9.17) is 16.3 Å². The predicted molar refractivity (Wildman–Crippen MR) is 109 cm³/mol. The lowest BCUT2D eigenvalue weighted by atomic mass is 9.89. The summed E-state index contributed by atoms with van der Waals surface area (Å²) in [5.41, 5.74) is 1.25. The minimum absolute atomic E-state index is 0.0114. The maximum atomic E-state index is 13.5. The topological polar surface area (TPSA) is 99.0 Å². The second-order valence-corrected chi connectivity index (χ2v) is 7.49. The summed E-state index contributed by atoms with van der Waals surface area (Å²) < 4.78 is 7.23. The molecule has 8 nitrogen and oxygen atoms in total. The Kier molecular flexibility index (Phi) is 5.16. The van der Waals surface area contributed by atoms with Crippen LogP contribution in [0.2, 0.25) is 5.02 Å². The Morgan fingerprint density at radius 2 is 1.83 bits per heavy atom. The van der Waals surface area contributed by atoms with E-state index >= 15 is 0 Å². The number of nitrogens with zero attached hydrogens (tertiary/aromatic N) is 4. The zero-order valence-electron chi connectivity index (χ0n) is 15.0. The number of rotatable bonds is 4. The first-order chi connectivity index (χ1) is 14.0. The van der Waals surface area contributed by atoms with Gasteiger partial charge in [-0.25, -0.2) is 4.79 Å². The molecular formula is C19H13BrClN5O3. The third-order valence-corrected chi connectivity index (χ3v) is 5.22. The molecule has 0 spiro atoms. The highest BCUT2D eigenvalue weighted by atomic mass is 79.9. The first kappa shape index (κ1) is 19.3. The average molecular weight is 475 g/mol. The molecule has 0 bridgehead atoms. The monoisotopic (exact) mass is 473 g/mol. The lowest BCUT2D eigenvalue weighted by Gasteiger charge is -2.28. The molecule has 0 saturated heterocycles. The molecule has 4 rings (SSSR count). The van der Waals surface area contributed by atoms with Crippen molar-refractivity contribution in [3.8, 4) is 0 Å². The second kappa shape index (κ2) is 7.76. The highest BCUT2D eigenvalue weighted by Gasteiger charge is 2.38. The summed E-state index contributed by atoms with van der Waals surface area (Å²) in [6.07, 6.45) is 0. The van der Waals surface area contributed by atoms with Crippen molar-refractivity contribution in [1.82, 2.24) is 20.2 Å². The Morgan fingerprint density at radius 3 is 2.48 bits per heavy atom. The highest BCUT2D eigenvalue weighted by Crippen LogP contribution is 2.37. The number of benzene rings is 2. The number of ether oxygens (including phenoxy) is 1. The molecule has 1 aromatic heterocycles. The van der Waals surface area contributed by atoms with Gasteiger partial charge in [0, 0.05) is 15.1 Å². The molecule has 0 radical (unpaired) electrons. The molecular weight excluding hydrogens is 462 g/mol. The number of methoxy groups -OCH3 is 1. The number of esters is 1.